The number of H-pyrrole nitrogens is 2. The molecule has 6 aromatic heterocycles. The van der Waals surface area contributed by atoms with Crippen LogP contribution in [0.5, 0.6) is 0 Å². The molecule has 0 fully saturated rings. The maximum atomic E-state index is 12.4. The number of nitrogens with one attached hydrogen (secondary N) is 3. The number of carbonyl (C=O) groups is 1. The SMILES string of the molecule is CC(C)(C)CC(=O)Nc1cncc(-c2ccc3[nH]nc(-c4cc5c(-c6ccccn6)ccnc5[nH]4)c3n2)c1. The summed E-state index contributed by atoms with van der Waals surface area (Å²) in [7, 11) is 0. The molecule has 38 heavy (non-hydrogen) atoms. The molecule has 0 aliphatic carbocycles. The van der Waals surface area contributed by atoms with E-state index in [4.69, 9.17) is 4.98 Å². The Kier molecular flexibility index (Phi) is 5.68. The number of pyridine rings is 4. The second-order valence-corrected chi connectivity index (χ2v) is 10.4. The molecule has 0 unspecified atom stereocenters. The van der Waals surface area contributed by atoms with Gasteiger partial charge in [-0.15, -0.1) is 0 Å². The summed E-state index contributed by atoms with van der Waals surface area (Å²) >= 11 is 0. The molecule has 0 aromatic carbocycles. The summed E-state index contributed by atoms with van der Waals surface area (Å²) in [5.41, 5.74) is 7.68. The minimum Gasteiger partial charge on any atom is -0.338 e. The number of hydrogen-bond donors (Lipinski definition) is 3. The van der Waals surface area contributed by atoms with Gasteiger partial charge in [0, 0.05) is 41.5 Å². The Morgan fingerprint density at radius 2 is 1.87 bits per heavy atom. The van der Waals surface area contributed by atoms with E-state index < -0.39 is 0 Å². The van der Waals surface area contributed by atoms with Crippen molar-refractivity contribution >= 4 is 33.7 Å². The summed E-state index contributed by atoms with van der Waals surface area (Å²) in [6.45, 7) is 6.10. The van der Waals surface area contributed by atoms with Crippen LogP contribution >= 0.6 is 0 Å². The first-order valence-corrected chi connectivity index (χ1v) is 12.3. The van der Waals surface area contributed by atoms with Gasteiger partial charge in [0.15, 0.2) is 0 Å². The number of nitrogens with zero attached hydrogens (tertiary/aromatic N) is 5. The highest BCUT2D eigenvalue weighted by Gasteiger charge is 2.18. The molecule has 3 N–H and O–H groups in total. The van der Waals surface area contributed by atoms with E-state index in [9.17, 15) is 4.79 Å². The average Bonchev–Trinajstić information content (AvgIpc) is 3.51. The van der Waals surface area contributed by atoms with Gasteiger partial charge < -0.3 is 10.3 Å². The van der Waals surface area contributed by atoms with Gasteiger partial charge in [-0.05, 0) is 47.9 Å². The van der Waals surface area contributed by atoms with Crippen LogP contribution in [-0.4, -0.2) is 41.0 Å². The Morgan fingerprint density at radius 3 is 2.68 bits per heavy atom. The number of aromatic amines is 2. The largest absolute Gasteiger partial charge is 0.338 e. The number of fused-ring (bicyclic) bond motifs is 2. The monoisotopic (exact) mass is 502 g/mol. The van der Waals surface area contributed by atoms with E-state index in [0.717, 1.165) is 50.3 Å². The van der Waals surface area contributed by atoms with Gasteiger partial charge in [0.1, 0.15) is 16.9 Å². The van der Waals surface area contributed by atoms with Gasteiger partial charge in [0.05, 0.1) is 34.5 Å². The first-order chi connectivity index (χ1) is 18.3. The van der Waals surface area contributed by atoms with E-state index in [2.05, 4.69) is 35.5 Å². The average molecular weight is 503 g/mol. The minimum absolute atomic E-state index is 0.0468. The molecule has 9 nitrogen and oxygen atoms in total. The molecule has 0 aliphatic rings. The lowest BCUT2D eigenvalue weighted by atomic mass is 9.92. The van der Waals surface area contributed by atoms with Gasteiger partial charge in [0.2, 0.25) is 5.91 Å². The lowest BCUT2D eigenvalue weighted by molar-refractivity contribution is -0.117. The minimum atomic E-state index is -0.101. The Hall–Kier alpha value is -4.92. The molecule has 0 radical (unpaired) electrons. The van der Waals surface area contributed by atoms with Crippen LogP contribution in [0.4, 0.5) is 5.69 Å². The smallest absolute Gasteiger partial charge is 0.224 e. The molecular weight excluding hydrogens is 476 g/mol. The number of carbonyl (C=O) groups excluding carboxylic acids is 1. The fourth-order valence-corrected chi connectivity index (χ4v) is 4.48. The van der Waals surface area contributed by atoms with E-state index in [-0.39, 0.29) is 11.3 Å². The number of hydrogen-bond acceptors (Lipinski definition) is 6. The van der Waals surface area contributed by atoms with Gasteiger partial charge in [-0.1, -0.05) is 26.8 Å². The molecule has 6 rings (SSSR count). The molecule has 0 atom stereocenters. The molecule has 0 bridgehead atoms. The zero-order valence-electron chi connectivity index (χ0n) is 21.3. The zero-order chi connectivity index (χ0) is 26.3. The van der Waals surface area contributed by atoms with Crippen LogP contribution in [-0.2, 0) is 4.79 Å². The quantitative estimate of drug-likeness (QED) is 0.265. The van der Waals surface area contributed by atoms with Crippen molar-refractivity contribution in [2.75, 3.05) is 5.32 Å². The highest BCUT2D eigenvalue weighted by molar-refractivity contribution is 5.98. The maximum Gasteiger partial charge on any atom is 0.224 e. The number of rotatable bonds is 5. The van der Waals surface area contributed by atoms with Crippen LogP contribution in [0.25, 0.3) is 56.0 Å². The van der Waals surface area contributed by atoms with Crippen molar-refractivity contribution < 1.29 is 4.79 Å². The highest BCUT2D eigenvalue weighted by atomic mass is 16.1. The van der Waals surface area contributed by atoms with E-state index >= 15 is 0 Å². The molecule has 0 aliphatic heterocycles. The van der Waals surface area contributed by atoms with Gasteiger partial charge in [0.25, 0.3) is 0 Å². The molecule has 0 spiro atoms. The molecule has 0 saturated heterocycles. The topological polar surface area (TPSA) is 125 Å². The summed E-state index contributed by atoms with van der Waals surface area (Å²) in [6.07, 6.45) is 7.34. The lowest BCUT2D eigenvalue weighted by Gasteiger charge is -2.17. The molecule has 6 heterocycles. The molecule has 6 aromatic rings. The van der Waals surface area contributed by atoms with Crippen molar-refractivity contribution in [3.8, 4) is 33.9 Å². The molecule has 9 heteroatoms. The van der Waals surface area contributed by atoms with Crippen molar-refractivity contribution in [2.45, 2.75) is 27.2 Å². The molecular formula is C29H26N8O. The van der Waals surface area contributed by atoms with Crippen LogP contribution < -0.4 is 5.32 Å². The van der Waals surface area contributed by atoms with Crippen molar-refractivity contribution in [3.05, 3.63) is 73.3 Å². The van der Waals surface area contributed by atoms with Crippen LogP contribution in [0.2, 0.25) is 0 Å². The summed E-state index contributed by atoms with van der Waals surface area (Å²) in [6, 6.07) is 15.6. The first-order valence-electron chi connectivity index (χ1n) is 12.3. The van der Waals surface area contributed by atoms with Crippen molar-refractivity contribution in [2.24, 2.45) is 5.41 Å². The Morgan fingerprint density at radius 1 is 0.974 bits per heavy atom. The van der Waals surface area contributed by atoms with Crippen LogP contribution in [0.1, 0.15) is 27.2 Å². The van der Waals surface area contributed by atoms with Crippen molar-refractivity contribution in [1.82, 2.24) is 35.1 Å². The van der Waals surface area contributed by atoms with E-state index in [1.807, 2.05) is 69.3 Å². The third-order valence-corrected chi connectivity index (χ3v) is 6.14. The van der Waals surface area contributed by atoms with Crippen LogP contribution in [0.3, 0.4) is 0 Å². The summed E-state index contributed by atoms with van der Waals surface area (Å²) in [5.74, 6) is -0.0468. The van der Waals surface area contributed by atoms with Gasteiger partial charge in [-0.25, -0.2) is 9.97 Å². The zero-order valence-corrected chi connectivity index (χ0v) is 21.3. The van der Waals surface area contributed by atoms with Crippen LogP contribution in [0, 0.1) is 5.41 Å². The molecule has 1 amide bonds. The first kappa shape index (κ1) is 23.5. The lowest BCUT2D eigenvalue weighted by Crippen LogP contribution is -2.19. The second-order valence-electron chi connectivity index (χ2n) is 10.4. The van der Waals surface area contributed by atoms with Crippen molar-refractivity contribution in [1.29, 1.82) is 0 Å². The number of amides is 1. The Balaban J connectivity index is 1.36. The maximum absolute atomic E-state index is 12.4. The predicted octanol–water partition coefficient (Wildman–Crippen LogP) is 6.00. The highest BCUT2D eigenvalue weighted by Crippen LogP contribution is 2.33. The summed E-state index contributed by atoms with van der Waals surface area (Å²) < 4.78 is 0. The van der Waals surface area contributed by atoms with E-state index in [1.54, 1.807) is 24.8 Å². The molecule has 0 saturated carbocycles. The third-order valence-electron chi connectivity index (χ3n) is 6.14. The summed E-state index contributed by atoms with van der Waals surface area (Å²) in [5, 5.41) is 11.5. The van der Waals surface area contributed by atoms with E-state index in [1.165, 1.54) is 0 Å². The van der Waals surface area contributed by atoms with Crippen LogP contribution in [0.15, 0.2) is 73.3 Å². The van der Waals surface area contributed by atoms with Gasteiger partial charge in [-0.3, -0.25) is 19.9 Å². The predicted molar refractivity (Wildman–Crippen MR) is 148 cm³/mol. The number of aromatic nitrogens is 7. The standard InChI is InChI=1S/C29H26N8O/c1-29(2,3)14-25(38)33-18-12-17(15-30-16-18)21-7-8-23-26(34-21)27(37-36-23)24-13-20-19(9-11-32-28(20)35-24)22-6-4-5-10-31-22/h4-13,15-16H,14H2,1-3H3,(H,32,35)(H,33,38)(H,36,37). The second kappa shape index (κ2) is 9.19. The van der Waals surface area contributed by atoms with Gasteiger partial charge in [-0.2, -0.15) is 5.10 Å². The Bertz CT molecular complexity index is 1780. The fourth-order valence-electron chi connectivity index (χ4n) is 4.48. The fraction of sp³-hybridized carbons (Fsp3) is 0.172. The third kappa shape index (κ3) is 4.61. The normalized spacial score (nSPS) is 11.8. The van der Waals surface area contributed by atoms with Gasteiger partial charge >= 0.3 is 0 Å². The molecule has 188 valence electrons. The van der Waals surface area contributed by atoms with E-state index in [0.29, 0.717) is 17.8 Å². The Labute approximate surface area is 218 Å². The number of anilines is 1. The van der Waals surface area contributed by atoms with Crippen molar-refractivity contribution in [3.63, 3.8) is 0 Å². The summed E-state index contributed by atoms with van der Waals surface area (Å²) in [4.78, 5) is 34.1.